The molecule has 0 radical (unpaired) electrons. The van der Waals surface area contributed by atoms with Gasteiger partial charge in [0.25, 0.3) is 0 Å². The zero-order valence-electron chi connectivity index (χ0n) is 16.2. The lowest BCUT2D eigenvalue weighted by molar-refractivity contribution is -0.661. The number of aryl methyl sites for hydroxylation is 2. The number of benzene rings is 1. The molecule has 0 amide bonds. The molecule has 1 heterocycles. The second-order valence-corrected chi connectivity index (χ2v) is 8.96. The molecule has 0 N–H and O–H groups in total. The summed E-state index contributed by atoms with van der Waals surface area (Å²) < 4.78 is 2.33. The Bertz CT molecular complexity index is 743. The van der Waals surface area contributed by atoms with Crippen molar-refractivity contribution in [2.24, 2.45) is 7.05 Å². The lowest BCUT2D eigenvalue weighted by atomic mass is 9.81. The Morgan fingerprint density at radius 2 is 1.67 bits per heavy atom. The van der Waals surface area contributed by atoms with Gasteiger partial charge in [0.2, 0.25) is 5.69 Å². The minimum absolute atomic E-state index is 0.179. The maximum Gasteiger partial charge on any atom is 0.212 e. The fourth-order valence-corrected chi connectivity index (χ4v) is 4.05. The predicted molar refractivity (Wildman–Crippen MR) is 102 cm³/mol. The third kappa shape index (κ3) is 3.14. The third-order valence-electron chi connectivity index (χ3n) is 5.92. The molecule has 1 aliphatic rings. The summed E-state index contributed by atoms with van der Waals surface area (Å²) in [6.45, 7) is 11.5. The molecule has 1 saturated carbocycles. The van der Waals surface area contributed by atoms with E-state index in [0.29, 0.717) is 5.41 Å². The maximum atomic E-state index is 2.43. The first-order valence-electron chi connectivity index (χ1n) is 9.32. The van der Waals surface area contributed by atoms with Gasteiger partial charge in [0.15, 0.2) is 6.20 Å². The van der Waals surface area contributed by atoms with Gasteiger partial charge in [-0.05, 0) is 53.9 Å². The van der Waals surface area contributed by atoms with Crippen molar-refractivity contribution in [2.45, 2.75) is 71.1 Å². The summed E-state index contributed by atoms with van der Waals surface area (Å²) in [6, 6.07) is 11.6. The Hall–Kier alpha value is -1.63. The fraction of sp³-hybridized carbons (Fsp3) is 0.522. The van der Waals surface area contributed by atoms with E-state index in [1.807, 2.05) is 0 Å². The van der Waals surface area contributed by atoms with Crippen LogP contribution in [0.25, 0.3) is 11.3 Å². The highest BCUT2D eigenvalue weighted by Crippen LogP contribution is 2.40. The van der Waals surface area contributed by atoms with Crippen molar-refractivity contribution < 1.29 is 4.57 Å². The first-order valence-corrected chi connectivity index (χ1v) is 9.32. The summed E-state index contributed by atoms with van der Waals surface area (Å²) in [7, 11) is 2.19. The van der Waals surface area contributed by atoms with Crippen molar-refractivity contribution in [3.05, 3.63) is 53.2 Å². The molecule has 1 nitrogen and oxygen atoms in total. The van der Waals surface area contributed by atoms with Gasteiger partial charge in [-0.25, -0.2) is 4.57 Å². The molecule has 0 atom stereocenters. The first-order chi connectivity index (χ1) is 11.2. The molecule has 1 aromatic carbocycles. The monoisotopic (exact) mass is 322 g/mol. The molecular weight excluding hydrogens is 290 g/mol. The van der Waals surface area contributed by atoms with Crippen LogP contribution in [0.4, 0.5) is 0 Å². The van der Waals surface area contributed by atoms with Gasteiger partial charge >= 0.3 is 0 Å². The van der Waals surface area contributed by atoms with Gasteiger partial charge in [-0.1, -0.05) is 52.7 Å². The first kappa shape index (κ1) is 17.2. The Kier molecular flexibility index (Phi) is 4.32. The summed E-state index contributed by atoms with van der Waals surface area (Å²) in [5.74, 6) is 0. The molecule has 0 bridgehead atoms. The summed E-state index contributed by atoms with van der Waals surface area (Å²) in [5, 5.41) is 0. The molecule has 0 unspecified atom stereocenters. The number of aromatic nitrogens is 1. The SMILES string of the molecule is Cc1ccc(C(C)(C)C)cc1-c1ccc(C2(C)CCCC2)c[n+]1C. The molecule has 1 fully saturated rings. The van der Waals surface area contributed by atoms with Gasteiger partial charge in [0, 0.05) is 17.2 Å². The van der Waals surface area contributed by atoms with E-state index in [9.17, 15) is 0 Å². The Morgan fingerprint density at radius 1 is 1.00 bits per heavy atom. The van der Waals surface area contributed by atoms with Crippen LogP contribution in [0, 0.1) is 6.92 Å². The highest BCUT2D eigenvalue weighted by molar-refractivity contribution is 5.62. The Morgan fingerprint density at radius 3 is 2.25 bits per heavy atom. The van der Waals surface area contributed by atoms with Crippen LogP contribution in [0.2, 0.25) is 0 Å². The lowest BCUT2D eigenvalue weighted by Crippen LogP contribution is -2.34. The smallest absolute Gasteiger partial charge is 0.201 e. The van der Waals surface area contributed by atoms with Crippen LogP contribution in [0.3, 0.4) is 0 Å². The van der Waals surface area contributed by atoms with Crippen LogP contribution in [-0.2, 0) is 17.9 Å². The van der Waals surface area contributed by atoms with Crippen LogP contribution >= 0.6 is 0 Å². The van der Waals surface area contributed by atoms with E-state index in [1.165, 1.54) is 53.6 Å². The predicted octanol–water partition coefficient (Wildman–Crippen LogP) is 5.62. The van der Waals surface area contributed by atoms with Crippen LogP contribution in [0.1, 0.15) is 70.1 Å². The topological polar surface area (TPSA) is 3.88 Å². The second kappa shape index (κ2) is 6.02. The average molecular weight is 323 g/mol. The largest absolute Gasteiger partial charge is 0.212 e. The van der Waals surface area contributed by atoms with Gasteiger partial charge in [-0.15, -0.1) is 0 Å². The van der Waals surface area contributed by atoms with Gasteiger partial charge in [-0.2, -0.15) is 0 Å². The van der Waals surface area contributed by atoms with Crippen LogP contribution in [0.15, 0.2) is 36.5 Å². The van der Waals surface area contributed by atoms with Crippen molar-refractivity contribution in [1.82, 2.24) is 0 Å². The van der Waals surface area contributed by atoms with Gasteiger partial charge in [0.1, 0.15) is 7.05 Å². The number of nitrogens with zero attached hydrogens (tertiary/aromatic N) is 1. The maximum absolute atomic E-state index is 2.43. The number of hydrogen-bond donors (Lipinski definition) is 0. The second-order valence-electron chi connectivity index (χ2n) is 8.96. The summed E-state index contributed by atoms with van der Waals surface area (Å²) >= 11 is 0. The van der Waals surface area contributed by atoms with Crippen LogP contribution in [-0.4, -0.2) is 0 Å². The molecule has 1 aliphatic carbocycles. The minimum atomic E-state index is 0.179. The van der Waals surface area contributed by atoms with E-state index >= 15 is 0 Å². The summed E-state index contributed by atoms with van der Waals surface area (Å²) in [4.78, 5) is 0. The normalized spacial score (nSPS) is 17.2. The van der Waals surface area contributed by atoms with Crippen molar-refractivity contribution >= 4 is 0 Å². The Labute approximate surface area is 147 Å². The number of pyridine rings is 1. The van der Waals surface area contributed by atoms with E-state index in [2.05, 4.69) is 82.8 Å². The van der Waals surface area contributed by atoms with E-state index in [1.54, 1.807) is 0 Å². The molecule has 1 heteroatoms. The standard InChI is InChI=1S/C23H32N/c1-17-9-10-18(22(2,3)4)15-20(17)21-12-11-19(16-24(21)6)23(5)13-7-8-14-23/h9-12,15-16H,7-8,13-14H2,1-6H3/q+1. The molecule has 128 valence electrons. The van der Waals surface area contributed by atoms with Gasteiger partial charge < -0.3 is 0 Å². The quantitative estimate of drug-likeness (QED) is 0.632. The number of hydrogen-bond acceptors (Lipinski definition) is 0. The van der Waals surface area contributed by atoms with Crippen LogP contribution < -0.4 is 4.57 Å². The molecule has 0 spiro atoms. The van der Waals surface area contributed by atoms with E-state index in [-0.39, 0.29) is 5.41 Å². The molecule has 24 heavy (non-hydrogen) atoms. The van der Waals surface area contributed by atoms with Crippen molar-refractivity contribution in [3.8, 4) is 11.3 Å². The van der Waals surface area contributed by atoms with Crippen molar-refractivity contribution in [1.29, 1.82) is 0 Å². The third-order valence-corrected chi connectivity index (χ3v) is 5.92. The Balaban J connectivity index is 2.04. The van der Waals surface area contributed by atoms with Crippen molar-refractivity contribution in [2.75, 3.05) is 0 Å². The fourth-order valence-electron chi connectivity index (χ4n) is 4.05. The average Bonchev–Trinajstić information content (AvgIpc) is 2.95. The van der Waals surface area contributed by atoms with Gasteiger partial charge in [-0.3, -0.25) is 0 Å². The van der Waals surface area contributed by atoms with Gasteiger partial charge in [0.05, 0.1) is 0 Å². The zero-order chi connectivity index (χ0) is 17.5. The zero-order valence-corrected chi connectivity index (χ0v) is 16.2. The molecule has 0 saturated heterocycles. The van der Waals surface area contributed by atoms with Crippen molar-refractivity contribution in [3.63, 3.8) is 0 Å². The molecular formula is C23H32N+. The molecule has 1 aromatic heterocycles. The van der Waals surface area contributed by atoms with E-state index in [0.717, 1.165) is 0 Å². The van der Waals surface area contributed by atoms with E-state index < -0.39 is 0 Å². The highest BCUT2D eigenvalue weighted by Gasteiger charge is 2.32. The summed E-state index contributed by atoms with van der Waals surface area (Å²) in [6.07, 6.45) is 7.75. The van der Waals surface area contributed by atoms with Crippen LogP contribution in [0.5, 0.6) is 0 Å². The molecule has 3 rings (SSSR count). The molecule has 0 aliphatic heterocycles. The summed E-state index contributed by atoms with van der Waals surface area (Å²) in [5.41, 5.74) is 7.46. The molecule has 2 aromatic rings. The lowest BCUT2D eigenvalue weighted by Gasteiger charge is -2.23. The van der Waals surface area contributed by atoms with E-state index in [4.69, 9.17) is 0 Å². The highest BCUT2D eigenvalue weighted by atomic mass is 14.9. The minimum Gasteiger partial charge on any atom is -0.201 e. The number of rotatable bonds is 2.